The molecule has 9 heteroatoms. The van der Waals surface area contributed by atoms with Crippen LogP contribution in [0.3, 0.4) is 0 Å². The second-order valence-corrected chi connectivity index (χ2v) is 9.59. The smallest absolute Gasteiger partial charge is 0.383 e. The molecule has 2 aromatic carbocycles. The number of benzene rings is 2. The van der Waals surface area contributed by atoms with Crippen LogP contribution in [0.2, 0.25) is 0 Å². The molecule has 3 rings (SSSR count). The average Bonchev–Trinajstić information content (AvgIpc) is 3.05. The SMILES string of the molecule is CC(O)(CNS(=O)(=O)Cc1ccc(C(F)(F)F)cc1)c1cc2ccccc2s1. The predicted molar refractivity (Wildman–Crippen MR) is 103 cm³/mol. The Balaban J connectivity index is 1.68. The van der Waals surface area contributed by atoms with Crippen molar-refractivity contribution >= 4 is 31.4 Å². The Kier molecular flexibility index (Phi) is 5.55. The van der Waals surface area contributed by atoms with E-state index in [0.29, 0.717) is 4.88 Å². The van der Waals surface area contributed by atoms with Gasteiger partial charge in [-0.2, -0.15) is 13.2 Å². The third kappa shape index (κ3) is 4.91. The largest absolute Gasteiger partial charge is 0.416 e. The van der Waals surface area contributed by atoms with Gasteiger partial charge in [-0.05, 0) is 42.1 Å². The summed E-state index contributed by atoms with van der Waals surface area (Å²) in [7, 11) is -3.84. The number of thiophene rings is 1. The minimum atomic E-state index is -4.47. The molecule has 0 amide bonds. The van der Waals surface area contributed by atoms with E-state index >= 15 is 0 Å². The highest BCUT2D eigenvalue weighted by molar-refractivity contribution is 7.88. The Hall–Kier alpha value is -1.94. The molecule has 1 aromatic heterocycles. The lowest BCUT2D eigenvalue weighted by atomic mass is 10.1. The van der Waals surface area contributed by atoms with Crippen LogP contribution in [-0.4, -0.2) is 20.1 Å². The van der Waals surface area contributed by atoms with Crippen LogP contribution in [0.25, 0.3) is 10.1 Å². The van der Waals surface area contributed by atoms with E-state index in [2.05, 4.69) is 4.72 Å². The van der Waals surface area contributed by atoms with Crippen LogP contribution in [-0.2, 0) is 27.6 Å². The second-order valence-electron chi connectivity index (χ2n) is 6.70. The third-order valence-electron chi connectivity index (χ3n) is 4.23. The van der Waals surface area contributed by atoms with Crippen molar-refractivity contribution in [3.05, 3.63) is 70.6 Å². The van der Waals surface area contributed by atoms with E-state index in [4.69, 9.17) is 0 Å². The summed E-state index contributed by atoms with van der Waals surface area (Å²) in [5.74, 6) is -0.479. The Labute approximate surface area is 164 Å². The maximum atomic E-state index is 12.6. The van der Waals surface area contributed by atoms with E-state index in [1.54, 1.807) is 0 Å². The van der Waals surface area contributed by atoms with Crippen molar-refractivity contribution in [2.24, 2.45) is 0 Å². The van der Waals surface area contributed by atoms with Crippen molar-refractivity contribution < 1.29 is 26.7 Å². The predicted octanol–water partition coefficient (Wildman–Crippen LogP) is 4.25. The van der Waals surface area contributed by atoms with Gasteiger partial charge in [0.15, 0.2) is 0 Å². The molecule has 0 spiro atoms. The van der Waals surface area contributed by atoms with Crippen LogP contribution in [0.5, 0.6) is 0 Å². The number of rotatable bonds is 6. The molecule has 0 fully saturated rings. The molecule has 0 saturated heterocycles. The average molecular weight is 429 g/mol. The lowest BCUT2D eigenvalue weighted by molar-refractivity contribution is -0.137. The molecule has 0 bridgehead atoms. The van der Waals surface area contributed by atoms with Crippen LogP contribution < -0.4 is 4.72 Å². The lowest BCUT2D eigenvalue weighted by Gasteiger charge is -2.22. The Bertz CT molecular complexity index is 1040. The van der Waals surface area contributed by atoms with Gasteiger partial charge in [-0.3, -0.25) is 0 Å². The number of hydrogen-bond donors (Lipinski definition) is 2. The Morgan fingerprint density at radius 2 is 1.71 bits per heavy atom. The normalized spacial score (nSPS) is 14.9. The zero-order valence-corrected chi connectivity index (χ0v) is 16.5. The van der Waals surface area contributed by atoms with Crippen molar-refractivity contribution in [2.45, 2.75) is 24.5 Å². The van der Waals surface area contributed by atoms with Gasteiger partial charge < -0.3 is 5.11 Å². The molecule has 4 nitrogen and oxygen atoms in total. The maximum Gasteiger partial charge on any atom is 0.416 e. The molecule has 150 valence electrons. The highest BCUT2D eigenvalue weighted by atomic mass is 32.2. The van der Waals surface area contributed by atoms with Crippen LogP contribution in [0.15, 0.2) is 54.6 Å². The standard InChI is InChI=1S/C19H18F3NO3S2/c1-18(24,17-10-14-4-2-3-5-16(14)27-17)12-23-28(25,26)11-13-6-8-15(9-7-13)19(20,21)22/h2-10,23-24H,11-12H2,1H3. The summed E-state index contributed by atoms with van der Waals surface area (Å²) < 4.78 is 65.7. The molecule has 28 heavy (non-hydrogen) atoms. The van der Waals surface area contributed by atoms with Gasteiger partial charge in [0.2, 0.25) is 10.0 Å². The lowest BCUT2D eigenvalue weighted by Crippen LogP contribution is -2.38. The van der Waals surface area contributed by atoms with Crippen LogP contribution in [0.4, 0.5) is 13.2 Å². The van der Waals surface area contributed by atoms with Crippen molar-refractivity contribution in [2.75, 3.05) is 6.54 Å². The van der Waals surface area contributed by atoms with Gasteiger partial charge in [0.25, 0.3) is 0 Å². The summed E-state index contributed by atoms with van der Waals surface area (Å²) in [6.45, 7) is 1.27. The van der Waals surface area contributed by atoms with Crippen molar-refractivity contribution in [1.82, 2.24) is 4.72 Å². The van der Waals surface area contributed by atoms with E-state index in [1.165, 1.54) is 18.3 Å². The summed E-state index contributed by atoms with van der Waals surface area (Å²) in [6, 6.07) is 13.3. The third-order valence-corrected chi connectivity index (χ3v) is 6.90. The topological polar surface area (TPSA) is 66.4 Å². The fourth-order valence-corrected chi connectivity index (χ4v) is 4.99. The van der Waals surface area contributed by atoms with Gasteiger partial charge in [-0.15, -0.1) is 11.3 Å². The summed E-state index contributed by atoms with van der Waals surface area (Å²) in [5.41, 5.74) is -2.03. The number of alkyl halides is 3. The molecule has 0 saturated carbocycles. The molecule has 0 aliphatic heterocycles. The molecule has 3 aromatic rings. The summed E-state index contributed by atoms with van der Waals surface area (Å²) in [5, 5.41) is 11.7. The molecule has 0 aliphatic carbocycles. The maximum absolute atomic E-state index is 12.6. The first-order valence-corrected chi connectivity index (χ1v) is 10.8. The number of aliphatic hydroxyl groups is 1. The molecule has 0 aliphatic rings. The van der Waals surface area contributed by atoms with E-state index in [1.807, 2.05) is 30.3 Å². The van der Waals surface area contributed by atoms with Gasteiger partial charge in [0.1, 0.15) is 5.60 Å². The summed E-state index contributed by atoms with van der Waals surface area (Å²) in [4.78, 5) is 0.617. The molecular formula is C19H18F3NO3S2. The molecular weight excluding hydrogens is 411 g/mol. The monoisotopic (exact) mass is 429 g/mol. The number of nitrogens with one attached hydrogen (secondary N) is 1. The molecule has 1 heterocycles. The Morgan fingerprint density at radius 1 is 1.07 bits per heavy atom. The first-order valence-electron chi connectivity index (χ1n) is 8.31. The summed E-state index contributed by atoms with van der Waals surface area (Å²) >= 11 is 1.37. The fraction of sp³-hybridized carbons (Fsp3) is 0.263. The highest BCUT2D eigenvalue weighted by Gasteiger charge is 2.30. The van der Waals surface area contributed by atoms with Gasteiger partial charge in [0, 0.05) is 16.1 Å². The molecule has 1 unspecified atom stereocenters. The van der Waals surface area contributed by atoms with Crippen molar-refractivity contribution in [3.63, 3.8) is 0 Å². The zero-order chi connectivity index (χ0) is 20.6. The first kappa shape index (κ1) is 20.8. The molecule has 2 N–H and O–H groups in total. The van der Waals surface area contributed by atoms with Crippen molar-refractivity contribution in [1.29, 1.82) is 0 Å². The number of fused-ring (bicyclic) bond motifs is 1. The zero-order valence-electron chi connectivity index (χ0n) is 14.8. The van der Waals surface area contributed by atoms with E-state index in [9.17, 15) is 26.7 Å². The highest BCUT2D eigenvalue weighted by Crippen LogP contribution is 2.33. The van der Waals surface area contributed by atoms with Crippen LogP contribution >= 0.6 is 11.3 Å². The number of sulfonamides is 1. The fourth-order valence-electron chi connectivity index (χ4n) is 2.65. The number of hydrogen-bond acceptors (Lipinski definition) is 4. The van der Waals surface area contributed by atoms with Crippen molar-refractivity contribution in [3.8, 4) is 0 Å². The van der Waals surface area contributed by atoms with E-state index in [-0.39, 0.29) is 12.1 Å². The van der Waals surface area contributed by atoms with E-state index in [0.717, 1.165) is 34.4 Å². The minimum absolute atomic E-state index is 0.224. The van der Waals surface area contributed by atoms with Gasteiger partial charge in [-0.1, -0.05) is 30.3 Å². The van der Waals surface area contributed by atoms with Crippen LogP contribution in [0.1, 0.15) is 22.9 Å². The molecule has 1 atom stereocenters. The van der Waals surface area contributed by atoms with Gasteiger partial charge in [-0.25, -0.2) is 13.1 Å². The minimum Gasteiger partial charge on any atom is -0.383 e. The quantitative estimate of drug-likeness (QED) is 0.616. The first-order chi connectivity index (χ1) is 13.0. The number of halogens is 3. The van der Waals surface area contributed by atoms with Crippen LogP contribution in [0, 0.1) is 0 Å². The van der Waals surface area contributed by atoms with Gasteiger partial charge in [0.05, 0.1) is 11.3 Å². The molecule has 0 radical (unpaired) electrons. The Morgan fingerprint density at radius 3 is 2.32 bits per heavy atom. The van der Waals surface area contributed by atoms with Gasteiger partial charge >= 0.3 is 6.18 Å². The van der Waals surface area contributed by atoms with E-state index < -0.39 is 33.1 Å². The second kappa shape index (κ2) is 7.47. The summed E-state index contributed by atoms with van der Waals surface area (Å²) in [6.07, 6.45) is -4.47.